The van der Waals surface area contributed by atoms with E-state index < -0.39 is 0 Å². The third-order valence-electron chi connectivity index (χ3n) is 2.45. The van der Waals surface area contributed by atoms with Gasteiger partial charge in [0.05, 0.1) is 23.0 Å². The first-order valence-electron chi connectivity index (χ1n) is 5.55. The van der Waals surface area contributed by atoms with Crippen LogP contribution in [0.2, 0.25) is 5.02 Å². The van der Waals surface area contributed by atoms with Crippen molar-refractivity contribution >= 4 is 11.6 Å². The minimum Gasteiger partial charge on any atom is -0.380 e. The predicted octanol–water partition coefficient (Wildman–Crippen LogP) is 1.90. The van der Waals surface area contributed by atoms with Crippen LogP contribution in [0.15, 0.2) is 0 Å². The Morgan fingerprint density at radius 1 is 1.56 bits per heavy atom. The van der Waals surface area contributed by atoms with Crippen molar-refractivity contribution in [1.29, 1.82) is 0 Å². The van der Waals surface area contributed by atoms with E-state index in [1.807, 2.05) is 25.6 Å². The number of nitrogens with zero attached hydrogens (tertiary/aromatic N) is 2. The molecule has 0 bridgehead atoms. The van der Waals surface area contributed by atoms with Crippen LogP contribution in [0.4, 0.5) is 0 Å². The van der Waals surface area contributed by atoms with E-state index in [1.54, 1.807) is 0 Å². The minimum atomic E-state index is 0.311. The smallest absolute Gasteiger partial charge is 0.0860 e. The van der Waals surface area contributed by atoms with Gasteiger partial charge in [0.2, 0.25) is 0 Å². The first-order valence-corrected chi connectivity index (χ1v) is 5.93. The molecule has 0 aliphatic rings. The molecule has 0 spiro atoms. The lowest BCUT2D eigenvalue weighted by molar-refractivity contribution is 0.127. The predicted molar refractivity (Wildman–Crippen MR) is 65.7 cm³/mol. The van der Waals surface area contributed by atoms with Crippen LogP contribution in [0.3, 0.4) is 0 Å². The Bertz CT molecular complexity index is 338. The molecule has 0 fully saturated rings. The highest BCUT2D eigenvalue weighted by Crippen LogP contribution is 2.18. The van der Waals surface area contributed by atoms with Crippen molar-refractivity contribution < 1.29 is 4.74 Å². The summed E-state index contributed by atoms with van der Waals surface area (Å²) in [4.78, 5) is 0. The zero-order valence-electron chi connectivity index (χ0n) is 10.4. The lowest BCUT2D eigenvalue weighted by Crippen LogP contribution is -2.30. The topological polar surface area (TPSA) is 39.1 Å². The molecule has 1 rings (SSSR count). The van der Waals surface area contributed by atoms with E-state index in [0.29, 0.717) is 19.2 Å². The fraction of sp³-hybridized carbons (Fsp3) is 0.727. The third kappa shape index (κ3) is 3.47. The molecule has 0 aliphatic heterocycles. The van der Waals surface area contributed by atoms with Crippen molar-refractivity contribution in [3.63, 3.8) is 0 Å². The minimum absolute atomic E-state index is 0.311. The largest absolute Gasteiger partial charge is 0.380 e. The van der Waals surface area contributed by atoms with Gasteiger partial charge < -0.3 is 10.1 Å². The fourth-order valence-corrected chi connectivity index (χ4v) is 1.72. The zero-order chi connectivity index (χ0) is 12.1. The van der Waals surface area contributed by atoms with Crippen molar-refractivity contribution in [1.82, 2.24) is 15.1 Å². The summed E-state index contributed by atoms with van der Waals surface area (Å²) in [7, 11) is 1.91. The van der Waals surface area contributed by atoms with Gasteiger partial charge in [0.25, 0.3) is 0 Å². The van der Waals surface area contributed by atoms with E-state index in [9.17, 15) is 0 Å². The van der Waals surface area contributed by atoms with Crippen molar-refractivity contribution in [3.05, 3.63) is 16.4 Å². The third-order valence-corrected chi connectivity index (χ3v) is 2.94. The van der Waals surface area contributed by atoms with Crippen molar-refractivity contribution in [2.45, 2.75) is 33.4 Å². The van der Waals surface area contributed by atoms with Gasteiger partial charge in [-0.05, 0) is 20.8 Å². The maximum Gasteiger partial charge on any atom is 0.0860 e. The molecule has 0 aliphatic carbocycles. The first-order chi connectivity index (χ1) is 7.56. The van der Waals surface area contributed by atoms with Crippen LogP contribution in [-0.4, -0.2) is 29.0 Å². The number of hydrogen-bond donors (Lipinski definition) is 1. The number of ether oxygens (including phenoxy) is 1. The van der Waals surface area contributed by atoms with E-state index in [-0.39, 0.29) is 0 Å². The maximum absolute atomic E-state index is 6.15. The Hall–Kier alpha value is -0.580. The number of hydrogen-bond acceptors (Lipinski definition) is 3. The van der Waals surface area contributed by atoms with Crippen LogP contribution in [0.1, 0.15) is 25.2 Å². The standard InChI is InChI=1S/C11H20ClN3O/c1-5-16-7-8(2)13-6-10-11(12)9(3)14-15(10)4/h8,13H,5-7H2,1-4H3. The highest BCUT2D eigenvalue weighted by atomic mass is 35.5. The van der Waals surface area contributed by atoms with Gasteiger partial charge in [-0.3, -0.25) is 4.68 Å². The van der Waals surface area contributed by atoms with E-state index >= 15 is 0 Å². The molecule has 1 heterocycles. The second-order valence-corrected chi connectivity index (χ2v) is 4.29. The SMILES string of the molecule is CCOCC(C)NCc1c(Cl)c(C)nn1C. The van der Waals surface area contributed by atoms with Crippen LogP contribution >= 0.6 is 11.6 Å². The highest BCUT2D eigenvalue weighted by molar-refractivity contribution is 6.31. The number of halogens is 1. The number of aromatic nitrogens is 2. The molecule has 1 aromatic rings. The summed E-state index contributed by atoms with van der Waals surface area (Å²) < 4.78 is 7.15. The van der Waals surface area contributed by atoms with Crippen LogP contribution in [0.25, 0.3) is 0 Å². The van der Waals surface area contributed by atoms with Crippen LogP contribution in [0.5, 0.6) is 0 Å². The Morgan fingerprint density at radius 2 is 2.25 bits per heavy atom. The Morgan fingerprint density at radius 3 is 2.75 bits per heavy atom. The van der Waals surface area contributed by atoms with Crippen LogP contribution < -0.4 is 5.32 Å². The average Bonchev–Trinajstić information content (AvgIpc) is 2.48. The molecule has 4 nitrogen and oxygen atoms in total. The molecule has 16 heavy (non-hydrogen) atoms. The average molecular weight is 246 g/mol. The Kier molecular flexibility index (Phi) is 5.25. The summed E-state index contributed by atoms with van der Waals surface area (Å²) >= 11 is 6.15. The summed E-state index contributed by atoms with van der Waals surface area (Å²) in [6.07, 6.45) is 0. The molecular weight excluding hydrogens is 226 g/mol. The molecule has 0 saturated carbocycles. The van der Waals surface area contributed by atoms with Gasteiger partial charge >= 0.3 is 0 Å². The van der Waals surface area contributed by atoms with Crippen LogP contribution in [-0.2, 0) is 18.3 Å². The van der Waals surface area contributed by atoms with Gasteiger partial charge in [-0.1, -0.05) is 11.6 Å². The van der Waals surface area contributed by atoms with Crippen molar-refractivity contribution in [2.75, 3.05) is 13.2 Å². The normalized spacial score (nSPS) is 13.1. The molecule has 0 aromatic carbocycles. The Balaban J connectivity index is 2.48. The van der Waals surface area contributed by atoms with Gasteiger partial charge in [-0.2, -0.15) is 5.10 Å². The molecule has 0 saturated heterocycles. The van der Waals surface area contributed by atoms with E-state index in [4.69, 9.17) is 16.3 Å². The fourth-order valence-electron chi connectivity index (χ4n) is 1.50. The molecule has 0 amide bonds. The van der Waals surface area contributed by atoms with Crippen molar-refractivity contribution in [3.8, 4) is 0 Å². The van der Waals surface area contributed by atoms with Gasteiger partial charge in [0, 0.05) is 26.2 Å². The van der Waals surface area contributed by atoms with Gasteiger partial charge in [-0.25, -0.2) is 0 Å². The number of rotatable bonds is 6. The molecule has 0 radical (unpaired) electrons. The lowest BCUT2D eigenvalue weighted by Gasteiger charge is -2.13. The summed E-state index contributed by atoms with van der Waals surface area (Å²) in [5.74, 6) is 0. The van der Waals surface area contributed by atoms with E-state index in [0.717, 1.165) is 23.0 Å². The molecule has 92 valence electrons. The lowest BCUT2D eigenvalue weighted by atomic mass is 10.3. The summed E-state index contributed by atoms with van der Waals surface area (Å²) in [6.45, 7) is 8.17. The second kappa shape index (κ2) is 6.23. The monoisotopic (exact) mass is 245 g/mol. The molecule has 1 atom stereocenters. The van der Waals surface area contributed by atoms with Gasteiger partial charge in [0.1, 0.15) is 0 Å². The molecular formula is C11H20ClN3O. The quantitative estimate of drug-likeness (QED) is 0.832. The Labute approximate surface area is 102 Å². The molecule has 1 aromatic heterocycles. The maximum atomic E-state index is 6.15. The summed E-state index contributed by atoms with van der Waals surface area (Å²) in [5.41, 5.74) is 1.89. The number of nitrogens with one attached hydrogen (secondary N) is 1. The molecule has 1 N–H and O–H groups in total. The van der Waals surface area contributed by atoms with E-state index in [1.165, 1.54) is 0 Å². The van der Waals surface area contributed by atoms with Crippen molar-refractivity contribution in [2.24, 2.45) is 7.05 Å². The number of aryl methyl sites for hydroxylation is 2. The first kappa shape index (κ1) is 13.5. The zero-order valence-corrected chi connectivity index (χ0v) is 11.1. The second-order valence-electron chi connectivity index (χ2n) is 3.91. The summed E-state index contributed by atoms with van der Waals surface area (Å²) in [5, 5.41) is 8.37. The van der Waals surface area contributed by atoms with Gasteiger partial charge in [0.15, 0.2) is 0 Å². The van der Waals surface area contributed by atoms with Gasteiger partial charge in [-0.15, -0.1) is 0 Å². The highest BCUT2D eigenvalue weighted by Gasteiger charge is 2.11. The summed E-state index contributed by atoms with van der Waals surface area (Å²) in [6, 6.07) is 0.311. The van der Waals surface area contributed by atoms with E-state index in [2.05, 4.69) is 17.3 Å². The van der Waals surface area contributed by atoms with Crippen LogP contribution in [0, 0.1) is 6.92 Å². The molecule has 5 heteroatoms. The molecule has 1 unspecified atom stereocenters.